The van der Waals surface area contributed by atoms with E-state index in [1.54, 1.807) is 6.92 Å². The molecule has 0 spiro atoms. The zero-order chi connectivity index (χ0) is 13.8. The predicted octanol–water partition coefficient (Wildman–Crippen LogP) is 2.63. The molecule has 0 aromatic carbocycles. The van der Waals surface area contributed by atoms with Gasteiger partial charge in [0.25, 0.3) is 0 Å². The molecule has 0 radical (unpaired) electrons. The minimum absolute atomic E-state index is 0.103. The number of hydrogen-bond donors (Lipinski definition) is 2. The van der Waals surface area contributed by atoms with Crippen LogP contribution >= 0.6 is 11.8 Å². The van der Waals surface area contributed by atoms with Gasteiger partial charge in [0.05, 0.1) is 5.60 Å². The minimum atomic E-state index is -4.46. The number of aromatic nitrogens is 1. The van der Waals surface area contributed by atoms with Crippen LogP contribution in [0.5, 0.6) is 0 Å². The van der Waals surface area contributed by atoms with Gasteiger partial charge in [-0.1, -0.05) is 6.07 Å². The molecule has 1 aromatic rings. The van der Waals surface area contributed by atoms with E-state index in [2.05, 4.69) is 10.3 Å². The normalized spacial score (nSPS) is 15.2. The van der Waals surface area contributed by atoms with Gasteiger partial charge in [0.2, 0.25) is 0 Å². The molecule has 0 fully saturated rings. The molecular formula is C11H15F3N2OS. The van der Waals surface area contributed by atoms with Gasteiger partial charge in [0.1, 0.15) is 11.5 Å². The van der Waals surface area contributed by atoms with Crippen LogP contribution in [0.15, 0.2) is 18.2 Å². The van der Waals surface area contributed by atoms with E-state index in [1.165, 1.54) is 23.9 Å². The van der Waals surface area contributed by atoms with E-state index in [1.807, 2.05) is 6.26 Å². The summed E-state index contributed by atoms with van der Waals surface area (Å²) in [6, 6.07) is 3.62. The Morgan fingerprint density at radius 2 is 2.06 bits per heavy atom. The Bertz CT molecular complexity index is 396. The lowest BCUT2D eigenvalue weighted by Crippen LogP contribution is -2.36. The van der Waals surface area contributed by atoms with E-state index in [4.69, 9.17) is 0 Å². The molecule has 3 nitrogen and oxygen atoms in total. The molecular weight excluding hydrogens is 265 g/mol. The Morgan fingerprint density at radius 3 is 2.61 bits per heavy atom. The van der Waals surface area contributed by atoms with Gasteiger partial charge in [-0.05, 0) is 25.3 Å². The van der Waals surface area contributed by atoms with Crippen molar-refractivity contribution in [2.24, 2.45) is 0 Å². The average molecular weight is 280 g/mol. The standard InChI is InChI=1S/C11H15F3N2OS/c1-10(17,7-18-2)6-15-9-5-3-4-8(16-9)11(12,13)14/h3-5,17H,6-7H2,1-2H3,(H,15,16)/t10-/m0/s1. The van der Waals surface area contributed by atoms with Gasteiger partial charge < -0.3 is 10.4 Å². The number of anilines is 1. The van der Waals surface area contributed by atoms with Crippen molar-refractivity contribution in [2.45, 2.75) is 18.7 Å². The number of alkyl halides is 3. The Kier molecular flexibility index (Phi) is 4.86. The molecule has 0 amide bonds. The summed E-state index contributed by atoms with van der Waals surface area (Å²) in [4.78, 5) is 3.45. The fourth-order valence-electron chi connectivity index (χ4n) is 1.33. The van der Waals surface area contributed by atoms with Crippen molar-refractivity contribution < 1.29 is 18.3 Å². The second-order valence-electron chi connectivity index (χ2n) is 4.19. The predicted molar refractivity (Wildman–Crippen MR) is 66.7 cm³/mol. The molecule has 0 saturated carbocycles. The van der Waals surface area contributed by atoms with Crippen LogP contribution in [0.4, 0.5) is 19.0 Å². The number of thioether (sulfide) groups is 1. The summed E-state index contributed by atoms with van der Waals surface area (Å²) in [5.41, 5.74) is -1.94. The topological polar surface area (TPSA) is 45.1 Å². The molecule has 1 aromatic heterocycles. The first-order valence-corrected chi connectivity index (χ1v) is 6.63. The van der Waals surface area contributed by atoms with Gasteiger partial charge >= 0.3 is 6.18 Å². The fourth-order valence-corrected chi connectivity index (χ4v) is 2.06. The lowest BCUT2D eigenvalue weighted by atomic mass is 10.1. The highest BCUT2D eigenvalue weighted by Crippen LogP contribution is 2.28. The second kappa shape index (κ2) is 5.79. The highest BCUT2D eigenvalue weighted by Gasteiger charge is 2.32. The summed E-state index contributed by atoms with van der Waals surface area (Å²) in [7, 11) is 0. The summed E-state index contributed by atoms with van der Waals surface area (Å²) >= 11 is 1.46. The summed E-state index contributed by atoms with van der Waals surface area (Å²) in [6.45, 7) is 1.76. The third kappa shape index (κ3) is 4.73. The summed E-state index contributed by atoms with van der Waals surface area (Å²) in [5, 5.41) is 12.6. The molecule has 0 unspecified atom stereocenters. The second-order valence-corrected chi connectivity index (χ2v) is 5.06. The Hall–Kier alpha value is -0.950. The zero-order valence-corrected chi connectivity index (χ0v) is 10.9. The lowest BCUT2D eigenvalue weighted by Gasteiger charge is -2.23. The van der Waals surface area contributed by atoms with E-state index in [-0.39, 0.29) is 12.4 Å². The smallest absolute Gasteiger partial charge is 0.387 e. The molecule has 0 bridgehead atoms. The molecule has 2 N–H and O–H groups in total. The van der Waals surface area contributed by atoms with Gasteiger partial charge in [0, 0.05) is 12.3 Å². The molecule has 102 valence electrons. The number of rotatable bonds is 5. The summed E-state index contributed by atoms with van der Waals surface area (Å²) < 4.78 is 37.3. The molecule has 1 atom stereocenters. The van der Waals surface area contributed by atoms with Crippen molar-refractivity contribution in [3.05, 3.63) is 23.9 Å². The van der Waals surface area contributed by atoms with Crippen LogP contribution in [-0.4, -0.2) is 34.2 Å². The van der Waals surface area contributed by atoms with E-state index in [9.17, 15) is 18.3 Å². The van der Waals surface area contributed by atoms with E-state index < -0.39 is 17.5 Å². The monoisotopic (exact) mass is 280 g/mol. The molecule has 7 heteroatoms. The van der Waals surface area contributed by atoms with Crippen molar-refractivity contribution in [3.63, 3.8) is 0 Å². The van der Waals surface area contributed by atoms with Crippen molar-refractivity contribution in [2.75, 3.05) is 23.9 Å². The largest absolute Gasteiger partial charge is 0.433 e. The summed E-state index contributed by atoms with van der Waals surface area (Å²) in [6.07, 6.45) is -2.61. The van der Waals surface area contributed by atoms with Crippen LogP contribution in [0.1, 0.15) is 12.6 Å². The quantitative estimate of drug-likeness (QED) is 0.870. The molecule has 18 heavy (non-hydrogen) atoms. The van der Waals surface area contributed by atoms with Crippen LogP contribution in [0.2, 0.25) is 0 Å². The lowest BCUT2D eigenvalue weighted by molar-refractivity contribution is -0.141. The maximum atomic E-state index is 12.4. The summed E-state index contributed by atoms with van der Waals surface area (Å²) in [5.74, 6) is 0.588. The van der Waals surface area contributed by atoms with Crippen LogP contribution in [0.3, 0.4) is 0 Å². The van der Waals surface area contributed by atoms with Gasteiger partial charge in [0.15, 0.2) is 0 Å². The van der Waals surface area contributed by atoms with E-state index in [0.717, 1.165) is 6.07 Å². The molecule has 0 aliphatic heterocycles. The van der Waals surface area contributed by atoms with Crippen molar-refractivity contribution in [1.82, 2.24) is 4.98 Å². The first-order valence-electron chi connectivity index (χ1n) is 5.24. The Labute approximate surface area is 108 Å². The van der Waals surface area contributed by atoms with Crippen molar-refractivity contribution >= 4 is 17.6 Å². The van der Waals surface area contributed by atoms with Crippen molar-refractivity contribution in [3.8, 4) is 0 Å². The molecule has 0 aliphatic rings. The van der Waals surface area contributed by atoms with E-state index in [0.29, 0.717) is 5.75 Å². The number of halogens is 3. The highest BCUT2D eigenvalue weighted by molar-refractivity contribution is 7.98. The van der Waals surface area contributed by atoms with Crippen LogP contribution in [-0.2, 0) is 6.18 Å². The van der Waals surface area contributed by atoms with Gasteiger partial charge in [-0.2, -0.15) is 24.9 Å². The number of nitrogens with one attached hydrogen (secondary N) is 1. The van der Waals surface area contributed by atoms with Gasteiger partial charge in [-0.25, -0.2) is 4.98 Å². The Morgan fingerprint density at radius 1 is 1.39 bits per heavy atom. The number of hydrogen-bond acceptors (Lipinski definition) is 4. The molecule has 1 heterocycles. The number of pyridine rings is 1. The van der Waals surface area contributed by atoms with Crippen LogP contribution in [0, 0.1) is 0 Å². The maximum absolute atomic E-state index is 12.4. The molecule has 1 rings (SSSR count). The van der Waals surface area contributed by atoms with Crippen molar-refractivity contribution in [1.29, 1.82) is 0 Å². The number of aliphatic hydroxyl groups is 1. The number of nitrogens with zero attached hydrogens (tertiary/aromatic N) is 1. The highest BCUT2D eigenvalue weighted by atomic mass is 32.2. The Balaban J connectivity index is 2.69. The SMILES string of the molecule is CSC[C@@](C)(O)CNc1cccc(C(F)(F)F)n1. The van der Waals surface area contributed by atoms with Gasteiger partial charge in [-0.3, -0.25) is 0 Å². The molecule has 0 aliphatic carbocycles. The molecule has 0 saturated heterocycles. The maximum Gasteiger partial charge on any atom is 0.433 e. The third-order valence-electron chi connectivity index (χ3n) is 2.15. The van der Waals surface area contributed by atoms with Gasteiger partial charge in [-0.15, -0.1) is 0 Å². The fraction of sp³-hybridized carbons (Fsp3) is 0.545. The first kappa shape index (κ1) is 15.1. The van der Waals surface area contributed by atoms with Crippen LogP contribution < -0.4 is 5.32 Å². The first-order chi connectivity index (χ1) is 8.24. The average Bonchev–Trinajstić information content (AvgIpc) is 2.26. The third-order valence-corrected chi connectivity index (χ3v) is 3.06. The minimum Gasteiger partial charge on any atom is -0.387 e. The zero-order valence-electron chi connectivity index (χ0n) is 10.1. The van der Waals surface area contributed by atoms with Crippen LogP contribution in [0.25, 0.3) is 0 Å². The van der Waals surface area contributed by atoms with E-state index >= 15 is 0 Å².